The van der Waals surface area contributed by atoms with Crippen LogP contribution in [0.3, 0.4) is 0 Å². The van der Waals surface area contributed by atoms with Crippen LogP contribution in [0.4, 0.5) is 0 Å². The van der Waals surface area contributed by atoms with Gasteiger partial charge in [0.1, 0.15) is 10.00 Å². The van der Waals surface area contributed by atoms with Gasteiger partial charge in [0.25, 0.3) is 0 Å². The van der Waals surface area contributed by atoms with Crippen LogP contribution in [-0.2, 0) is 6.54 Å². The van der Waals surface area contributed by atoms with E-state index in [1.165, 1.54) is 49.5 Å². The van der Waals surface area contributed by atoms with Crippen LogP contribution < -0.4 is 5.73 Å². The molecular formula is C14H21N3S2. The summed E-state index contributed by atoms with van der Waals surface area (Å²) < 4.78 is 0. The van der Waals surface area contributed by atoms with Gasteiger partial charge < -0.3 is 5.73 Å². The fourth-order valence-corrected chi connectivity index (χ4v) is 4.15. The molecule has 3 nitrogen and oxygen atoms in total. The van der Waals surface area contributed by atoms with Gasteiger partial charge in [-0.15, -0.1) is 11.3 Å². The molecule has 2 heterocycles. The molecule has 0 spiro atoms. The standard InChI is InChI=1S/C14H21N3S2/c1-9-3-2-6-17(7-9)8-11-16-12(10-4-5-10)13(19-11)14(15)18/h9-10H,2-8H2,1H3,(H2,15,18). The maximum absolute atomic E-state index is 5.84. The fraction of sp³-hybridized carbons (Fsp3) is 0.714. The highest BCUT2D eigenvalue weighted by Gasteiger charge is 2.30. The Morgan fingerprint density at radius 2 is 2.26 bits per heavy atom. The van der Waals surface area contributed by atoms with Crippen LogP contribution in [0.25, 0.3) is 0 Å². The molecule has 3 rings (SSSR count). The molecule has 0 amide bonds. The molecule has 1 atom stereocenters. The summed E-state index contributed by atoms with van der Waals surface area (Å²) >= 11 is 6.88. The molecule has 1 aromatic heterocycles. The summed E-state index contributed by atoms with van der Waals surface area (Å²) in [5, 5.41) is 1.19. The molecule has 2 N–H and O–H groups in total. The average Bonchev–Trinajstić information content (AvgIpc) is 3.11. The number of nitrogens with zero attached hydrogens (tertiary/aromatic N) is 2. The monoisotopic (exact) mass is 295 g/mol. The number of thiazole rings is 1. The van der Waals surface area contributed by atoms with Gasteiger partial charge in [-0.1, -0.05) is 19.1 Å². The van der Waals surface area contributed by atoms with Gasteiger partial charge in [0.15, 0.2) is 0 Å². The SMILES string of the molecule is CC1CCCN(Cc2nc(C3CC3)c(C(N)=S)s2)C1. The number of hydrogen-bond donors (Lipinski definition) is 1. The van der Waals surface area contributed by atoms with Crippen molar-refractivity contribution in [2.45, 2.75) is 45.1 Å². The van der Waals surface area contributed by atoms with Gasteiger partial charge in [-0.25, -0.2) is 4.98 Å². The Bertz CT molecular complexity index is 479. The topological polar surface area (TPSA) is 42.2 Å². The summed E-state index contributed by atoms with van der Waals surface area (Å²) in [5.41, 5.74) is 7.02. The third kappa shape index (κ3) is 3.15. The molecule has 2 aliphatic rings. The molecular weight excluding hydrogens is 274 g/mol. The normalized spacial score (nSPS) is 24.6. The van der Waals surface area contributed by atoms with Crippen LogP contribution in [0.5, 0.6) is 0 Å². The molecule has 1 aliphatic heterocycles. The number of nitrogens with two attached hydrogens (primary N) is 1. The highest BCUT2D eigenvalue weighted by Crippen LogP contribution is 2.42. The van der Waals surface area contributed by atoms with E-state index >= 15 is 0 Å². The van der Waals surface area contributed by atoms with Crippen molar-refractivity contribution in [2.75, 3.05) is 13.1 Å². The van der Waals surface area contributed by atoms with Crippen LogP contribution in [0.1, 0.15) is 54.1 Å². The van der Waals surface area contributed by atoms with E-state index in [1.54, 1.807) is 11.3 Å². The Hall–Kier alpha value is -0.520. The van der Waals surface area contributed by atoms with Crippen molar-refractivity contribution >= 4 is 28.5 Å². The molecule has 0 bridgehead atoms. The lowest BCUT2D eigenvalue weighted by Gasteiger charge is -2.29. The van der Waals surface area contributed by atoms with Gasteiger partial charge in [0.05, 0.1) is 17.1 Å². The lowest BCUT2D eigenvalue weighted by molar-refractivity contribution is 0.176. The fourth-order valence-electron chi connectivity index (χ4n) is 2.88. The number of hydrogen-bond acceptors (Lipinski definition) is 4. The smallest absolute Gasteiger partial charge is 0.116 e. The van der Waals surface area contributed by atoms with Crippen molar-refractivity contribution in [2.24, 2.45) is 11.7 Å². The molecule has 19 heavy (non-hydrogen) atoms. The maximum Gasteiger partial charge on any atom is 0.116 e. The average molecular weight is 295 g/mol. The molecule has 0 radical (unpaired) electrons. The third-order valence-electron chi connectivity index (χ3n) is 3.99. The second kappa shape index (κ2) is 5.46. The van der Waals surface area contributed by atoms with Gasteiger partial charge in [0.2, 0.25) is 0 Å². The Morgan fingerprint density at radius 1 is 1.47 bits per heavy atom. The number of aromatic nitrogens is 1. The highest BCUT2D eigenvalue weighted by molar-refractivity contribution is 7.81. The third-order valence-corrected chi connectivity index (χ3v) is 5.41. The zero-order valence-electron chi connectivity index (χ0n) is 11.4. The Morgan fingerprint density at radius 3 is 2.89 bits per heavy atom. The van der Waals surface area contributed by atoms with E-state index < -0.39 is 0 Å². The quantitative estimate of drug-likeness (QED) is 0.867. The van der Waals surface area contributed by atoms with Gasteiger partial charge in [-0.2, -0.15) is 0 Å². The second-order valence-electron chi connectivity index (χ2n) is 5.94. The molecule has 104 valence electrons. The summed E-state index contributed by atoms with van der Waals surface area (Å²) in [6.45, 7) is 5.70. The first kappa shape index (κ1) is 13.5. The summed E-state index contributed by atoms with van der Waals surface area (Å²) in [6, 6.07) is 0. The predicted octanol–water partition coefficient (Wildman–Crippen LogP) is 2.89. The van der Waals surface area contributed by atoms with E-state index in [4.69, 9.17) is 22.9 Å². The molecule has 1 saturated carbocycles. The lowest BCUT2D eigenvalue weighted by atomic mass is 10.0. The number of piperidine rings is 1. The first-order chi connectivity index (χ1) is 9.13. The number of likely N-dealkylation sites (tertiary alicyclic amines) is 1. The van der Waals surface area contributed by atoms with Gasteiger partial charge in [-0.05, 0) is 38.1 Å². The van der Waals surface area contributed by atoms with Crippen LogP contribution in [0.15, 0.2) is 0 Å². The zero-order valence-corrected chi connectivity index (χ0v) is 13.0. The summed E-state index contributed by atoms with van der Waals surface area (Å²) in [6.07, 6.45) is 5.17. The molecule has 5 heteroatoms. The Balaban J connectivity index is 1.73. The van der Waals surface area contributed by atoms with Crippen molar-refractivity contribution in [3.05, 3.63) is 15.6 Å². The highest BCUT2D eigenvalue weighted by atomic mass is 32.1. The second-order valence-corrected chi connectivity index (χ2v) is 7.47. The molecule has 1 aliphatic carbocycles. The van der Waals surface area contributed by atoms with E-state index in [1.807, 2.05) is 0 Å². The van der Waals surface area contributed by atoms with Gasteiger partial charge in [0, 0.05) is 12.5 Å². The maximum atomic E-state index is 5.84. The van der Waals surface area contributed by atoms with E-state index in [0.717, 1.165) is 17.3 Å². The molecule has 0 aromatic carbocycles. The predicted molar refractivity (Wildman–Crippen MR) is 83.7 cm³/mol. The molecule has 1 unspecified atom stereocenters. The number of rotatable bonds is 4. The van der Waals surface area contributed by atoms with Crippen molar-refractivity contribution in [3.63, 3.8) is 0 Å². The van der Waals surface area contributed by atoms with E-state index in [-0.39, 0.29) is 0 Å². The molecule has 1 aromatic rings. The molecule has 1 saturated heterocycles. The van der Waals surface area contributed by atoms with Crippen molar-refractivity contribution in [1.29, 1.82) is 0 Å². The first-order valence-corrected chi connectivity index (χ1v) is 8.37. The summed E-state index contributed by atoms with van der Waals surface area (Å²) in [7, 11) is 0. The Labute approximate surface area is 124 Å². The largest absolute Gasteiger partial charge is 0.389 e. The van der Waals surface area contributed by atoms with Gasteiger partial charge >= 0.3 is 0 Å². The minimum absolute atomic E-state index is 0.526. The van der Waals surface area contributed by atoms with Crippen molar-refractivity contribution in [1.82, 2.24) is 9.88 Å². The molecule has 2 fully saturated rings. The van der Waals surface area contributed by atoms with E-state index in [2.05, 4.69) is 11.8 Å². The van der Waals surface area contributed by atoms with E-state index in [9.17, 15) is 0 Å². The summed E-state index contributed by atoms with van der Waals surface area (Å²) in [4.78, 5) is 8.94. The first-order valence-electron chi connectivity index (χ1n) is 7.15. The van der Waals surface area contributed by atoms with Gasteiger partial charge in [-0.3, -0.25) is 4.90 Å². The number of thiocarbonyl (C=S) groups is 1. The van der Waals surface area contributed by atoms with Crippen LogP contribution in [0.2, 0.25) is 0 Å². The zero-order chi connectivity index (χ0) is 13.4. The summed E-state index contributed by atoms with van der Waals surface area (Å²) in [5.74, 6) is 1.44. The van der Waals surface area contributed by atoms with E-state index in [0.29, 0.717) is 10.9 Å². The minimum atomic E-state index is 0.526. The van der Waals surface area contributed by atoms with Crippen LogP contribution in [0, 0.1) is 5.92 Å². The minimum Gasteiger partial charge on any atom is -0.389 e. The Kier molecular flexibility index (Phi) is 3.87. The lowest BCUT2D eigenvalue weighted by Crippen LogP contribution is -2.33. The van der Waals surface area contributed by atoms with Crippen molar-refractivity contribution < 1.29 is 0 Å². The van der Waals surface area contributed by atoms with Crippen LogP contribution in [-0.4, -0.2) is 28.0 Å². The van der Waals surface area contributed by atoms with Crippen molar-refractivity contribution in [3.8, 4) is 0 Å². The van der Waals surface area contributed by atoms with Crippen LogP contribution >= 0.6 is 23.6 Å².